The van der Waals surface area contributed by atoms with Gasteiger partial charge in [0.05, 0.1) is 25.6 Å². The molecule has 0 saturated carbocycles. The Kier molecular flexibility index (Phi) is 5.55. The molecule has 0 radical (unpaired) electrons. The summed E-state index contributed by atoms with van der Waals surface area (Å²) in [6.07, 6.45) is 5.22. The number of hydrogen-bond acceptors (Lipinski definition) is 5. The smallest absolute Gasteiger partial charge is 0.319 e. The van der Waals surface area contributed by atoms with Gasteiger partial charge < -0.3 is 20.1 Å². The van der Waals surface area contributed by atoms with Gasteiger partial charge in [-0.2, -0.15) is 5.10 Å². The number of anilines is 1. The van der Waals surface area contributed by atoms with Crippen molar-refractivity contribution in [3.05, 3.63) is 54.5 Å². The van der Waals surface area contributed by atoms with E-state index in [9.17, 15) is 4.79 Å². The van der Waals surface area contributed by atoms with Gasteiger partial charge >= 0.3 is 6.03 Å². The Labute approximate surface area is 157 Å². The number of amides is 2. The fourth-order valence-electron chi connectivity index (χ4n) is 2.63. The highest BCUT2D eigenvalue weighted by Crippen LogP contribution is 2.28. The van der Waals surface area contributed by atoms with Crippen molar-refractivity contribution in [1.29, 1.82) is 0 Å². The average molecular weight is 367 g/mol. The molecule has 3 aromatic rings. The van der Waals surface area contributed by atoms with E-state index in [1.807, 2.05) is 19.2 Å². The van der Waals surface area contributed by atoms with Crippen LogP contribution in [0.25, 0.3) is 11.3 Å². The van der Waals surface area contributed by atoms with Gasteiger partial charge in [-0.3, -0.25) is 9.67 Å². The van der Waals surface area contributed by atoms with E-state index in [0.717, 1.165) is 16.8 Å². The predicted octanol–water partition coefficient (Wildman–Crippen LogP) is 2.82. The molecule has 0 aliphatic rings. The molecular weight excluding hydrogens is 346 g/mol. The number of benzene rings is 1. The van der Waals surface area contributed by atoms with Crippen molar-refractivity contribution >= 4 is 11.7 Å². The van der Waals surface area contributed by atoms with E-state index in [2.05, 4.69) is 20.7 Å². The molecule has 2 heterocycles. The summed E-state index contributed by atoms with van der Waals surface area (Å²) in [4.78, 5) is 16.5. The monoisotopic (exact) mass is 367 g/mol. The van der Waals surface area contributed by atoms with Crippen molar-refractivity contribution in [3.8, 4) is 22.8 Å². The second-order valence-electron chi connectivity index (χ2n) is 5.80. The Morgan fingerprint density at radius 3 is 2.70 bits per heavy atom. The fourth-order valence-corrected chi connectivity index (χ4v) is 2.63. The van der Waals surface area contributed by atoms with E-state index in [1.54, 1.807) is 48.6 Å². The number of aryl methyl sites for hydroxylation is 1. The number of rotatable bonds is 6. The number of hydrogen-bond donors (Lipinski definition) is 2. The lowest BCUT2D eigenvalue weighted by molar-refractivity contribution is 0.251. The highest BCUT2D eigenvalue weighted by molar-refractivity contribution is 5.91. The van der Waals surface area contributed by atoms with Crippen LogP contribution >= 0.6 is 0 Å². The van der Waals surface area contributed by atoms with Crippen LogP contribution in [0.1, 0.15) is 5.56 Å². The maximum absolute atomic E-state index is 12.2. The number of urea groups is 1. The van der Waals surface area contributed by atoms with Crippen LogP contribution in [-0.4, -0.2) is 35.0 Å². The lowest BCUT2D eigenvalue weighted by atomic mass is 10.1. The van der Waals surface area contributed by atoms with Crippen LogP contribution in [-0.2, 0) is 13.6 Å². The minimum Gasteiger partial charge on any atom is -0.497 e. The van der Waals surface area contributed by atoms with Crippen LogP contribution in [0.5, 0.6) is 11.5 Å². The molecule has 2 N–H and O–H groups in total. The van der Waals surface area contributed by atoms with E-state index >= 15 is 0 Å². The zero-order valence-corrected chi connectivity index (χ0v) is 15.4. The molecule has 2 aromatic heterocycles. The summed E-state index contributed by atoms with van der Waals surface area (Å²) in [5, 5.41) is 9.75. The van der Waals surface area contributed by atoms with Gasteiger partial charge in [0.2, 0.25) is 0 Å². The van der Waals surface area contributed by atoms with Crippen molar-refractivity contribution in [2.75, 3.05) is 19.5 Å². The molecule has 0 unspecified atom stereocenters. The van der Waals surface area contributed by atoms with Crippen LogP contribution in [0.4, 0.5) is 10.5 Å². The van der Waals surface area contributed by atoms with Crippen LogP contribution in [0.15, 0.2) is 48.9 Å². The summed E-state index contributed by atoms with van der Waals surface area (Å²) < 4.78 is 12.2. The molecule has 0 atom stereocenters. The first kappa shape index (κ1) is 18.2. The van der Waals surface area contributed by atoms with Gasteiger partial charge in [0.15, 0.2) is 0 Å². The van der Waals surface area contributed by atoms with Gasteiger partial charge in [0, 0.05) is 43.8 Å². The number of nitrogens with zero attached hydrogens (tertiary/aromatic N) is 3. The summed E-state index contributed by atoms with van der Waals surface area (Å²) in [5.41, 5.74) is 3.33. The molecular formula is C19H21N5O3. The van der Waals surface area contributed by atoms with Gasteiger partial charge in [0.25, 0.3) is 0 Å². The van der Waals surface area contributed by atoms with E-state index in [-0.39, 0.29) is 6.03 Å². The van der Waals surface area contributed by atoms with Crippen molar-refractivity contribution in [3.63, 3.8) is 0 Å². The zero-order valence-electron chi connectivity index (χ0n) is 15.4. The van der Waals surface area contributed by atoms with Crippen LogP contribution in [0.2, 0.25) is 0 Å². The molecule has 3 rings (SSSR count). The third-order valence-corrected chi connectivity index (χ3v) is 4.02. The van der Waals surface area contributed by atoms with E-state index in [0.29, 0.717) is 23.7 Å². The van der Waals surface area contributed by atoms with Crippen molar-refractivity contribution in [1.82, 2.24) is 20.1 Å². The van der Waals surface area contributed by atoms with Gasteiger partial charge in [-0.05, 0) is 29.8 Å². The Hall–Kier alpha value is -3.55. The number of methoxy groups -OCH3 is 2. The molecule has 2 amide bonds. The first-order valence-corrected chi connectivity index (χ1v) is 8.30. The predicted molar refractivity (Wildman–Crippen MR) is 102 cm³/mol. The Morgan fingerprint density at radius 2 is 2.00 bits per heavy atom. The van der Waals surface area contributed by atoms with Crippen molar-refractivity contribution in [2.24, 2.45) is 7.05 Å². The topological polar surface area (TPSA) is 90.3 Å². The summed E-state index contributed by atoms with van der Waals surface area (Å²) in [5.74, 6) is 1.17. The highest BCUT2D eigenvalue weighted by atomic mass is 16.5. The van der Waals surface area contributed by atoms with Crippen molar-refractivity contribution < 1.29 is 14.3 Å². The fraction of sp³-hybridized carbons (Fsp3) is 0.211. The molecule has 0 bridgehead atoms. The van der Waals surface area contributed by atoms with Crippen LogP contribution in [0, 0.1) is 0 Å². The molecule has 140 valence electrons. The molecule has 8 heteroatoms. The molecule has 0 saturated heterocycles. The third kappa shape index (κ3) is 4.35. The maximum atomic E-state index is 12.2. The number of pyridine rings is 1. The molecule has 0 aliphatic heterocycles. The second-order valence-corrected chi connectivity index (χ2v) is 5.80. The number of ether oxygens (including phenoxy) is 2. The average Bonchev–Trinajstić information content (AvgIpc) is 3.13. The third-order valence-electron chi connectivity index (χ3n) is 4.02. The highest BCUT2D eigenvalue weighted by Gasteiger charge is 2.09. The first-order chi connectivity index (χ1) is 13.1. The quantitative estimate of drug-likeness (QED) is 0.699. The summed E-state index contributed by atoms with van der Waals surface area (Å²) in [6, 6.07) is 8.72. The molecule has 0 spiro atoms. The minimum atomic E-state index is -0.343. The van der Waals surface area contributed by atoms with Crippen LogP contribution in [0.3, 0.4) is 0 Å². The maximum Gasteiger partial charge on any atom is 0.319 e. The Balaban J connectivity index is 1.64. The molecule has 1 aromatic carbocycles. The Morgan fingerprint density at radius 1 is 1.15 bits per heavy atom. The summed E-state index contributed by atoms with van der Waals surface area (Å²) in [6.45, 7) is 0.336. The molecule has 27 heavy (non-hydrogen) atoms. The van der Waals surface area contributed by atoms with E-state index < -0.39 is 0 Å². The number of carbonyl (C=O) groups excluding carboxylic acids is 1. The number of aromatic nitrogens is 3. The molecule has 0 aliphatic carbocycles. The number of carbonyl (C=O) groups is 1. The SMILES string of the molecule is COc1ccc(NC(=O)NCc2cncc(-c3ccnn3C)c2)c(OC)c1. The van der Waals surface area contributed by atoms with Crippen LogP contribution < -0.4 is 20.1 Å². The summed E-state index contributed by atoms with van der Waals surface area (Å²) >= 11 is 0. The van der Waals surface area contributed by atoms with Gasteiger partial charge in [-0.1, -0.05) is 0 Å². The Bertz CT molecular complexity index is 939. The first-order valence-electron chi connectivity index (χ1n) is 8.30. The molecule has 0 fully saturated rings. The largest absolute Gasteiger partial charge is 0.497 e. The normalized spacial score (nSPS) is 10.3. The van der Waals surface area contributed by atoms with E-state index in [4.69, 9.17) is 9.47 Å². The van der Waals surface area contributed by atoms with Crippen molar-refractivity contribution in [2.45, 2.75) is 6.54 Å². The lowest BCUT2D eigenvalue weighted by Crippen LogP contribution is -2.28. The summed E-state index contributed by atoms with van der Waals surface area (Å²) in [7, 11) is 4.98. The lowest BCUT2D eigenvalue weighted by Gasteiger charge is -2.12. The van der Waals surface area contributed by atoms with Gasteiger partial charge in [0.1, 0.15) is 11.5 Å². The number of nitrogens with one attached hydrogen (secondary N) is 2. The molecule has 8 nitrogen and oxygen atoms in total. The second kappa shape index (κ2) is 8.22. The van der Waals surface area contributed by atoms with Gasteiger partial charge in [-0.25, -0.2) is 4.79 Å². The minimum absolute atomic E-state index is 0.336. The van der Waals surface area contributed by atoms with Gasteiger partial charge in [-0.15, -0.1) is 0 Å². The standard InChI is InChI=1S/C19H21N5O3/c1-24-17(6-7-22-24)14-8-13(10-20-12-14)11-21-19(25)23-16-5-4-15(26-2)9-18(16)27-3/h4-10,12H,11H2,1-3H3,(H2,21,23,25). The zero-order chi connectivity index (χ0) is 19.2. The van der Waals surface area contributed by atoms with E-state index in [1.165, 1.54) is 7.11 Å².